The fraction of sp³-hybridized carbons (Fsp3) is 0.190. The lowest BCUT2D eigenvalue weighted by molar-refractivity contribution is 0.540. The Morgan fingerprint density at radius 1 is 0.963 bits per heavy atom. The number of rotatable bonds is 4. The van der Waals surface area contributed by atoms with Gasteiger partial charge in [0, 0.05) is 5.25 Å². The quantitative estimate of drug-likeness (QED) is 0.643. The third-order valence-corrected chi connectivity index (χ3v) is 7.71. The number of thioether (sulfide) groups is 1. The molecule has 3 aromatic carbocycles. The first-order chi connectivity index (χ1) is 13.1. The zero-order valence-electron chi connectivity index (χ0n) is 14.9. The molecule has 27 heavy (non-hydrogen) atoms. The smallest absolute Gasteiger partial charge is 0.260 e. The lowest BCUT2D eigenvalue weighted by Gasteiger charge is -2.22. The lowest BCUT2D eigenvalue weighted by Crippen LogP contribution is -2.33. The van der Waals surface area contributed by atoms with Crippen molar-refractivity contribution in [1.82, 2.24) is 4.31 Å². The molecular formula is C21H20N2O2S2. The number of hydrogen-bond donors (Lipinski definition) is 0. The molecule has 0 N–H and O–H groups in total. The number of fused-ring (bicyclic) bond motifs is 1. The van der Waals surface area contributed by atoms with Crippen molar-refractivity contribution in [2.75, 3.05) is 13.1 Å². The minimum Gasteiger partial charge on any atom is -0.260 e. The van der Waals surface area contributed by atoms with Crippen LogP contribution in [0.5, 0.6) is 0 Å². The Morgan fingerprint density at radius 2 is 1.67 bits per heavy atom. The summed E-state index contributed by atoms with van der Waals surface area (Å²) in [6.07, 6.45) is 0. The molecule has 4 nitrogen and oxygen atoms in total. The van der Waals surface area contributed by atoms with Gasteiger partial charge in [0.2, 0.25) is 0 Å². The van der Waals surface area contributed by atoms with E-state index in [1.54, 1.807) is 12.1 Å². The van der Waals surface area contributed by atoms with E-state index in [1.165, 1.54) is 16.1 Å². The first-order valence-electron chi connectivity index (χ1n) is 8.83. The van der Waals surface area contributed by atoms with Crippen LogP contribution in [0.4, 0.5) is 0 Å². The average molecular weight is 397 g/mol. The van der Waals surface area contributed by atoms with Gasteiger partial charge in [-0.1, -0.05) is 72.4 Å². The number of sulfonamides is 1. The predicted molar refractivity (Wildman–Crippen MR) is 113 cm³/mol. The predicted octanol–water partition coefficient (Wildman–Crippen LogP) is 4.69. The van der Waals surface area contributed by atoms with Gasteiger partial charge in [-0.15, -0.1) is 0 Å². The van der Waals surface area contributed by atoms with Gasteiger partial charge >= 0.3 is 0 Å². The number of nitrogens with zero attached hydrogens (tertiary/aromatic N) is 2. The Kier molecular flexibility index (Phi) is 4.93. The number of hydrogen-bond acceptors (Lipinski definition) is 4. The Labute approximate surface area is 164 Å². The largest absolute Gasteiger partial charge is 0.265 e. The first-order valence-corrected chi connectivity index (χ1v) is 11.2. The molecule has 138 valence electrons. The molecule has 0 radical (unpaired) electrons. The van der Waals surface area contributed by atoms with Crippen LogP contribution < -0.4 is 0 Å². The van der Waals surface area contributed by atoms with Gasteiger partial charge in [0.25, 0.3) is 10.0 Å². The van der Waals surface area contributed by atoms with Crippen molar-refractivity contribution >= 4 is 37.7 Å². The second-order valence-corrected chi connectivity index (χ2v) is 9.59. The number of benzene rings is 3. The zero-order valence-corrected chi connectivity index (χ0v) is 16.6. The van der Waals surface area contributed by atoms with E-state index >= 15 is 0 Å². The molecule has 1 aliphatic rings. The van der Waals surface area contributed by atoms with Crippen molar-refractivity contribution in [1.29, 1.82) is 0 Å². The van der Waals surface area contributed by atoms with Crippen molar-refractivity contribution in [3.63, 3.8) is 0 Å². The Morgan fingerprint density at radius 3 is 2.44 bits per heavy atom. The second-order valence-electron chi connectivity index (χ2n) is 6.42. The minimum absolute atomic E-state index is 0.123. The third-order valence-electron chi connectivity index (χ3n) is 4.62. The van der Waals surface area contributed by atoms with Gasteiger partial charge in [0.1, 0.15) is 0 Å². The fourth-order valence-corrected chi connectivity index (χ4v) is 5.90. The van der Waals surface area contributed by atoms with Crippen molar-refractivity contribution in [3.8, 4) is 0 Å². The molecule has 3 aromatic rings. The van der Waals surface area contributed by atoms with Crippen LogP contribution in [0.1, 0.15) is 17.7 Å². The fourth-order valence-electron chi connectivity index (χ4n) is 3.14. The molecule has 1 atom stereocenters. The number of amidine groups is 1. The summed E-state index contributed by atoms with van der Waals surface area (Å²) in [4.78, 5) is 4.77. The first kappa shape index (κ1) is 18.1. The summed E-state index contributed by atoms with van der Waals surface area (Å²) in [7, 11) is -3.63. The molecule has 0 aliphatic carbocycles. The van der Waals surface area contributed by atoms with Crippen LogP contribution >= 0.6 is 11.8 Å². The van der Waals surface area contributed by atoms with Gasteiger partial charge in [-0.2, -0.15) is 0 Å². The van der Waals surface area contributed by atoms with Crippen LogP contribution in [-0.4, -0.2) is 31.0 Å². The van der Waals surface area contributed by atoms with E-state index in [1.807, 2.05) is 48.5 Å². The SMILES string of the molecule is C[C@@H](SC1=NCCN1S(=O)(=O)c1ccc2ccccc2c1)c1ccccc1. The van der Waals surface area contributed by atoms with Gasteiger partial charge in [0.15, 0.2) is 5.17 Å². The summed E-state index contributed by atoms with van der Waals surface area (Å²) < 4.78 is 27.9. The second kappa shape index (κ2) is 7.37. The Bertz CT molecular complexity index is 1100. The van der Waals surface area contributed by atoms with Crippen molar-refractivity contribution in [2.24, 2.45) is 4.99 Å². The van der Waals surface area contributed by atoms with Gasteiger partial charge in [0.05, 0.1) is 18.0 Å². The summed E-state index contributed by atoms with van der Waals surface area (Å²) in [5.41, 5.74) is 1.15. The summed E-state index contributed by atoms with van der Waals surface area (Å²) in [6, 6.07) is 23.1. The van der Waals surface area contributed by atoms with Crippen LogP contribution in [0.15, 0.2) is 82.7 Å². The maximum absolute atomic E-state index is 13.2. The van der Waals surface area contributed by atoms with E-state index < -0.39 is 10.0 Å². The van der Waals surface area contributed by atoms with E-state index in [4.69, 9.17) is 0 Å². The third kappa shape index (κ3) is 3.59. The molecule has 0 aromatic heterocycles. The summed E-state index contributed by atoms with van der Waals surface area (Å²) in [6.45, 7) is 2.96. The van der Waals surface area contributed by atoms with Crippen LogP contribution in [0.2, 0.25) is 0 Å². The normalized spacial score (nSPS) is 15.7. The summed E-state index contributed by atoms with van der Waals surface area (Å²) >= 11 is 1.49. The van der Waals surface area contributed by atoms with Crippen molar-refractivity contribution < 1.29 is 8.42 Å². The van der Waals surface area contributed by atoms with E-state index in [-0.39, 0.29) is 5.25 Å². The van der Waals surface area contributed by atoms with E-state index in [0.717, 1.165) is 16.3 Å². The molecule has 0 saturated heterocycles. The molecule has 0 fully saturated rings. The van der Waals surface area contributed by atoms with E-state index in [9.17, 15) is 8.42 Å². The van der Waals surface area contributed by atoms with Gasteiger partial charge in [-0.25, -0.2) is 12.7 Å². The molecule has 0 bridgehead atoms. The van der Waals surface area contributed by atoms with Crippen LogP contribution in [0, 0.1) is 0 Å². The minimum atomic E-state index is -3.63. The van der Waals surface area contributed by atoms with Gasteiger partial charge in [-0.3, -0.25) is 4.99 Å². The maximum atomic E-state index is 13.2. The summed E-state index contributed by atoms with van der Waals surface area (Å²) in [5, 5.41) is 2.64. The Balaban J connectivity index is 1.61. The molecule has 1 aliphatic heterocycles. The highest BCUT2D eigenvalue weighted by atomic mass is 32.2. The molecule has 1 heterocycles. The summed E-state index contributed by atoms with van der Waals surface area (Å²) in [5.74, 6) is 0. The molecular weight excluding hydrogens is 376 g/mol. The molecule has 0 unspecified atom stereocenters. The molecule has 6 heteroatoms. The molecule has 0 spiro atoms. The van der Waals surface area contributed by atoms with Crippen molar-refractivity contribution in [2.45, 2.75) is 17.1 Å². The molecule has 0 saturated carbocycles. The maximum Gasteiger partial charge on any atom is 0.265 e. The molecule has 4 rings (SSSR count). The zero-order chi connectivity index (χ0) is 18.9. The highest BCUT2D eigenvalue weighted by Crippen LogP contribution is 2.34. The van der Waals surface area contributed by atoms with E-state index in [0.29, 0.717) is 23.2 Å². The van der Waals surface area contributed by atoms with Crippen LogP contribution in [-0.2, 0) is 10.0 Å². The van der Waals surface area contributed by atoms with Crippen LogP contribution in [0.3, 0.4) is 0 Å². The van der Waals surface area contributed by atoms with E-state index in [2.05, 4.69) is 24.0 Å². The highest BCUT2D eigenvalue weighted by Gasteiger charge is 2.32. The topological polar surface area (TPSA) is 49.7 Å². The number of aliphatic imine (C=N–C) groups is 1. The van der Waals surface area contributed by atoms with Gasteiger partial charge < -0.3 is 0 Å². The van der Waals surface area contributed by atoms with Crippen LogP contribution in [0.25, 0.3) is 10.8 Å². The monoisotopic (exact) mass is 396 g/mol. The molecule has 0 amide bonds. The lowest BCUT2D eigenvalue weighted by atomic mass is 10.1. The highest BCUT2D eigenvalue weighted by molar-refractivity contribution is 8.15. The average Bonchev–Trinajstić information content (AvgIpc) is 3.17. The van der Waals surface area contributed by atoms with Crippen molar-refractivity contribution in [3.05, 3.63) is 78.4 Å². The van der Waals surface area contributed by atoms with Gasteiger partial charge in [-0.05, 0) is 35.4 Å². The standard InChI is InChI=1S/C21H20N2O2S2/c1-16(17-7-3-2-4-8-17)26-21-22-13-14-23(21)27(24,25)20-12-11-18-9-5-6-10-19(18)15-20/h2-12,15-16H,13-14H2,1H3/t16-/m1/s1. The Hall–Kier alpha value is -2.31.